The number of allylic oxidation sites excluding steroid dienone is 2. The third kappa shape index (κ3) is 3.06. The Balaban J connectivity index is 2.35. The Kier molecular flexibility index (Phi) is 3.64. The van der Waals surface area contributed by atoms with Crippen LogP contribution in [-0.4, -0.2) is 6.04 Å². The predicted octanol–water partition coefficient (Wildman–Crippen LogP) is 2.47. The van der Waals surface area contributed by atoms with E-state index in [0.29, 0.717) is 6.04 Å². The molecule has 0 radical (unpaired) electrons. The van der Waals surface area contributed by atoms with Crippen LogP contribution in [0.25, 0.3) is 0 Å². The molecule has 0 bridgehead atoms. The summed E-state index contributed by atoms with van der Waals surface area (Å²) in [7, 11) is 0. The molecule has 0 aromatic carbocycles. The molecule has 1 heteroatoms. The van der Waals surface area contributed by atoms with Gasteiger partial charge in [-0.25, -0.2) is 0 Å². The standard InChI is InChI=1S/C10H19N/c1-9(11)10-7-5-3-2-4-6-8-10/h2-3,9-10H,4-8,11H2,1H3/b3-2-. The molecule has 0 aromatic rings. The van der Waals surface area contributed by atoms with Gasteiger partial charge in [0.2, 0.25) is 0 Å². The fourth-order valence-corrected chi connectivity index (χ4v) is 1.71. The maximum absolute atomic E-state index is 5.86. The van der Waals surface area contributed by atoms with Gasteiger partial charge in [0.05, 0.1) is 0 Å². The normalized spacial score (nSPS) is 32.0. The molecule has 0 heterocycles. The van der Waals surface area contributed by atoms with Crippen LogP contribution in [-0.2, 0) is 0 Å². The summed E-state index contributed by atoms with van der Waals surface area (Å²) >= 11 is 0. The minimum absolute atomic E-state index is 0.390. The first-order valence-corrected chi connectivity index (χ1v) is 4.71. The van der Waals surface area contributed by atoms with Crippen LogP contribution in [0.4, 0.5) is 0 Å². The van der Waals surface area contributed by atoms with E-state index in [2.05, 4.69) is 19.1 Å². The second kappa shape index (κ2) is 4.55. The van der Waals surface area contributed by atoms with Crippen molar-refractivity contribution >= 4 is 0 Å². The average molecular weight is 153 g/mol. The van der Waals surface area contributed by atoms with Crippen molar-refractivity contribution in [3.63, 3.8) is 0 Å². The lowest BCUT2D eigenvalue weighted by atomic mass is 9.89. The zero-order valence-electron chi connectivity index (χ0n) is 7.42. The van der Waals surface area contributed by atoms with E-state index in [4.69, 9.17) is 5.73 Å². The lowest BCUT2D eigenvalue weighted by Gasteiger charge is -2.20. The van der Waals surface area contributed by atoms with Crippen LogP contribution in [0.3, 0.4) is 0 Å². The van der Waals surface area contributed by atoms with Gasteiger partial charge in [-0.2, -0.15) is 0 Å². The van der Waals surface area contributed by atoms with E-state index < -0.39 is 0 Å². The maximum atomic E-state index is 5.86. The Morgan fingerprint density at radius 1 is 1.27 bits per heavy atom. The van der Waals surface area contributed by atoms with Crippen molar-refractivity contribution in [1.82, 2.24) is 0 Å². The Morgan fingerprint density at radius 3 is 2.73 bits per heavy atom. The number of hydrogen-bond donors (Lipinski definition) is 1. The zero-order valence-corrected chi connectivity index (χ0v) is 7.42. The second-order valence-electron chi connectivity index (χ2n) is 3.60. The molecule has 2 unspecified atom stereocenters. The highest BCUT2D eigenvalue weighted by Gasteiger charge is 2.12. The summed E-state index contributed by atoms with van der Waals surface area (Å²) in [4.78, 5) is 0. The highest BCUT2D eigenvalue weighted by molar-refractivity contribution is 4.86. The van der Waals surface area contributed by atoms with E-state index in [1.54, 1.807) is 0 Å². The lowest BCUT2D eigenvalue weighted by Crippen LogP contribution is -2.26. The largest absolute Gasteiger partial charge is 0.328 e. The predicted molar refractivity (Wildman–Crippen MR) is 49.4 cm³/mol. The minimum Gasteiger partial charge on any atom is -0.328 e. The second-order valence-corrected chi connectivity index (χ2v) is 3.60. The first kappa shape index (κ1) is 8.79. The topological polar surface area (TPSA) is 26.0 Å². The van der Waals surface area contributed by atoms with E-state index >= 15 is 0 Å². The molecule has 11 heavy (non-hydrogen) atoms. The molecule has 0 saturated carbocycles. The molecule has 1 rings (SSSR count). The summed E-state index contributed by atoms with van der Waals surface area (Å²) in [6.45, 7) is 2.13. The third-order valence-electron chi connectivity index (χ3n) is 2.56. The van der Waals surface area contributed by atoms with Crippen molar-refractivity contribution < 1.29 is 0 Å². The molecule has 0 aromatic heterocycles. The third-order valence-corrected chi connectivity index (χ3v) is 2.56. The van der Waals surface area contributed by atoms with Gasteiger partial charge in [-0.3, -0.25) is 0 Å². The number of rotatable bonds is 1. The van der Waals surface area contributed by atoms with Gasteiger partial charge in [0.15, 0.2) is 0 Å². The lowest BCUT2D eigenvalue weighted by molar-refractivity contribution is 0.376. The van der Waals surface area contributed by atoms with Gasteiger partial charge in [0.25, 0.3) is 0 Å². The fourth-order valence-electron chi connectivity index (χ4n) is 1.71. The van der Waals surface area contributed by atoms with Gasteiger partial charge < -0.3 is 5.73 Å². The van der Waals surface area contributed by atoms with Crippen LogP contribution in [0.1, 0.15) is 39.0 Å². The van der Waals surface area contributed by atoms with Gasteiger partial charge in [-0.05, 0) is 44.9 Å². The van der Waals surface area contributed by atoms with Gasteiger partial charge in [-0.1, -0.05) is 12.2 Å². The SMILES string of the molecule is CC(N)C1CC/C=C\CCC1. The van der Waals surface area contributed by atoms with Gasteiger partial charge in [-0.15, -0.1) is 0 Å². The number of nitrogens with two attached hydrogens (primary N) is 1. The minimum atomic E-state index is 0.390. The molecule has 0 fully saturated rings. The van der Waals surface area contributed by atoms with Crippen molar-refractivity contribution in [2.45, 2.75) is 45.1 Å². The Hall–Kier alpha value is -0.300. The van der Waals surface area contributed by atoms with E-state index in [9.17, 15) is 0 Å². The molecule has 1 aliphatic rings. The summed E-state index contributed by atoms with van der Waals surface area (Å²) in [5, 5.41) is 0. The molecule has 0 spiro atoms. The van der Waals surface area contributed by atoms with Crippen molar-refractivity contribution in [2.75, 3.05) is 0 Å². The van der Waals surface area contributed by atoms with Crippen LogP contribution < -0.4 is 5.73 Å². The van der Waals surface area contributed by atoms with E-state index in [-0.39, 0.29) is 0 Å². The zero-order chi connectivity index (χ0) is 8.10. The van der Waals surface area contributed by atoms with Crippen molar-refractivity contribution in [1.29, 1.82) is 0 Å². The Morgan fingerprint density at radius 2 is 2.00 bits per heavy atom. The Bertz CT molecular complexity index is 127. The van der Waals surface area contributed by atoms with Crippen LogP contribution in [0, 0.1) is 5.92 Å². The molecular formula is C10H19N. The summed E-state index contributed by atoms with van der Waals surface area (Å²) in [6, 6.07) is 0.390. The molecule has 2 atom stereocenters. The van der Waals surface area contributed by atoms with Crippen LogP contribution in [0.5, 0.6) is 0 Å². The Labute approximate surface area is 69.7 Å². The summed E-state index contributed by atoms with van der Waals surface area (Å²) in [5.74, 6) is 0.764. The smallest absolute Gasteiger partial charge is 0.00388 e. The van der Waals surface area contributed by atoms with Crippen molar-refractivity contribution in [3.8, 4) is 0 Å². The fraction of sp³-hybridized carbons (Fsp3) is 0.800. The van der Waals surface area contributed by atoms with Crippen LogP contribution >= 0.6 is 0 Å². The number of hydrogen-bond acceptors (Lipinski definition) is 1. The molecule has 0 amide bonds. The molecule has 1 nitrogen and oxygen atoms in total. The van der Waals surface area contributed by atoms with Gasteiger partial charge in [0.1, 0.15) is 0 Å². The maximum Gasteiger partial charge on any atom is 0.00388 e. The molecule has 0 aliphatic heterocycles. The van der Waals surface area contributed by atoms with Gasteiger partial charge in [0, 0.05) is 6.04 Å². The average Bonchev–Trinajstić information content (AvgIpc) is 1.84. The highest BCUT2D eigenvalue weighted by atomic mass is 14.6. The summed E-state index contributed by atoms with van der Waals surface area (Å²) in [6.07, 6.45) is 11.0. The molecular weight excluding hydrogens is 134 g/mol. The van der Waals surface area contributed by atoms with Crippen molar-refractivity contribution in [3.05, 3.63) is 12.2 Å². The first-order chi connectivity index (χ1) is 5.30. The van der Waals surface area contributed by atoms with E-state index in [0.717, 1.165) is 5.92 Å². The highest BCUT2D eigenvalue weighted by Crippen LogP contribution is 2.20. The monoisotopic (exact) mass is 153 g/mol. The molecule has 0 saturated heterocycles. The molecule has 1 aliphatic carbocycles. The van der Waals surface area contributed by atoms with Crippen LogP contribution in [0.15, 0.2) is 12.2 Å². The van der Waals surface area contributed by atoms with Crippen molar-refractivity contribution in [2.24, 2.45) is 11.7 Å². The van der Waals surface area contributed by atoms with Gasteiger partial charge >= 0.3 is 0 Å². The van der Waals surface area contributed by atoms with E-state index in [1.807, 2.05) is 0 Å². The van der Waals surface area contributed by atoms with E-state index in [1.165, 1.54) is 32.1 Å². The van der Waals surface area contributed by atoms with Crippen LogP contribution in [0.2, 0.25) is 0 Å². The first-order valence-electron chi connectivity index (χ1n) is 4.71. The molecule has 2 N–H and O–H groups in total. The summed E-state index contributed by atoms with van der Waals surface area (Å²) < 4.78 is 0. The molecule has 64 valence electrons. The quantitative estimate of drug-likeness (QED) is 0.575. The summed E-state index contributed by atoms with van der Waals surface area (Å²) in [5.41, 5.74) is 5.86.